The van der Waals surface area contributed by atoms with E-state index in [2.05, 4.69) is 13.8 Å². The summed E-state index contributed by atoms with van der Waals surface area (Å²) in [5.74, 6) is 0.819. The van der Waals surface area contributed by atoms with Crippen LogP contribution >= 0.6 is 0 Å². The second-order valence-electron chi connectivity index (χ2n) is 5.88. The molecule has 0 amide bonds. The zero-order chi connectivity index (χ0) is 10.9. The normalized spacial score (nSPS) is 39.2. The van der Waals surface area contributed by atoms with Gasteiger partial charge in [-0.25, -0.2) is 0 Å². The standard InChI is InChI=1S/C13H25NO/c1-10(2)4-3-7-13(9-14)8-11-5-6-12(13)15-11/h10-12H,3-9,14H2,1-2H3. The predicted octanol–water partition coefficient (Wildman–Crippen LogP) is 2.71. The Kier molecular flexibility index (Phi) is 3.36. The summed E-state index contributed by atoms with van der Waals surface area (Å²) in [6.07, 6.45) is 8.72. The molecule has 0 radical (unpaired) electrons. The van der Waals surface area contributed by atoms with Crippen LogP contribution in [0.4, 0.5) is 0 Å². The first-order valence-corrected chi connectivity index (χ1v) is 6.52. The molecule has 2 heterocycles. The van der Waals surface area contributed by atoms with Crippen molar-refractivity contribution in [3.05, 3.63) is 0 Å². The first kappa shape index (κ1) is 11.4. The minimum atomic E-state index is 0.345. The van der Waals surface area contributed by atoms with E-state index < -0.39 is 0 Å². The smallest absolute Gasteiger partial charge is 0.0649 e. The van der Waals surface area contributed by atoms with Crippen LogP contribution in [0.5, 0.6) is 0 Å². The molecule has 2 rings (SSSR count). The molecular formula is C13H25NO. The fraction of sp³-hybridized carbons (Fsp3) is 1.00. The van der Waals surface area contributed by atoms with Crippen LogP contribution in [0.15, 0.2) is 0 Å². The van der Waals surface area contributed by atoms with Gasteiger partial charge in [-0.05, 0) is 31.6 Å². The minimum Gasteiger partial charge on any atom is -0.374 e. The Hall–Kier alpha value is -0.0800. The quantitative estimate of drug-likeness (QED) is 0.759. The summed E-state index contributed by atoms with van der Waals surface area (Å²) in [7, 11) is 0. The molecule has 3 atom stereocenters. The van der Waals surface area contributed by atoms with Gasteiger partial charge in [-0.2, -0.15) is 0 Å². The van der Waals surface area contributed by atoms with Crippen molar-refractivity contribution < 1.29 is 4.74 Å². The molecule has 15 heavy (non-hydrogen) atoms. The van der Waals surface area contributed by atoms with E-state index in [4.69, 9.17) is 10.5 Å². The van der Waals surface area contributed by atoms with Crippen molar-refractivity contribution in [3.8, 4) is 0 Å². The SMILES string of the molecule is CC(C)CCCC1(CN)CC2CCC1O2. The average molecular weight is 211 g/mol. The summed E-state index contributed by atoms with van der Waals surface area (Å²) in [4.78, 5) is 0. The molecule has 3 unspecified atom stereocenters. The molecule has 2 heteroatoms. The van der Waals surface area contributed by atoms with Gasteiger partial charge < -0.3 is 10.5 Å². The fourth-order valence-corrected chi connectivity index (χ4v) is 3.33. The summed E-state index contributed by atoms with van der Waals surface area (Å²) in [6, 6.07) is 0. The van der Waals surface area contributed by atoms with Crippen LogP contribution in [0, 0.1) is 11.3 Å². The van der Waals surface area contributed by atoms with Gasteiger partial charge >= 0.3 is 0 Å². The van der Waals surface area contributed by atoms with Crippen molar-refractivity contribution in [1.29, 1.82) is 0 Å². The van der Waals surface area contributed by atoms with E-state index in [0.717, 1.165) is 12.5 Å². The maximum Gasteiger partial charge on any atom is 0.0649 e. The number of nitrogens with two attached hydrogens (primary N) is 1. The molecule has 0 aromatic carbocycles. The van der Waals surface area contributed by atoms with Crippen molar-refractivity contribution in [2.45, 2.75) is 64.6 Å². The molecule has 2 fully saturated rings. The van der Waals surface area contributed by atoms with Gasteiger partial charge in [-0.15, -0.1) is 0 Å². The van der Waals surface area contributed by atoms with Crippen molar-refractivity contribution >= 4 is 0 Å². The van der Waals surface area contributed by atoms with Gasteiger partial charge in [0, 0.05) is 12.0 Å². The van der Waals surface area contributed by atoms with Crippen LogP contribution in [0.1, 0.15) is 52.4 Å². The van der Waals surface area contributed by atoms with Gasteiger partial charge in [0.25, 0.3) is 0 Å². The Morgan fingerprint density at radius 2 is 2.20 bits per heavy atom. The number of fused-ring (bicyclic) bond motifs is 2. The highest BCUT2D eigenvalue weighted by Gasteiger charge is 2.50. The molecule has 0 aromatic heterocycles. The molecule has 2 saturated heterocycles. The lowest BCUT2D eigenvalue weighted by molar-refractivity contribution is 0.0583. The van der Waals surface area contributed by atoms with E-state index in [1.54, 1.807) is 0 Å². The zero-order valence-corrected chi connectivity index (χ0v) is 10.2. The molecule has 2 aliphatic heterocycles. The first-order chi connectivity index (χ1) is 7.16. The van der Waals surface area contributed by atoms with Gasteiger partial charge in [-0.3, -0.25) is 0 Å². The van der Waals surface area contributed by atoms with Gasteiger partial charge in [0.1, 0.15) is 0 Å². The monoisotopic (exact) mass is 211 g/mol. The number of hydrogen-bond donors (Lipinski definition) is 1. The minimum absolute atomic E-state index is 0.345. The van der Waals surface area contributed by atoms with Crippen LogP contribution in [0.3, 0.4) is 0 Å². The lowest BCUT2D eigenvalue weighted by Crippen LogP contribution is -2.39. The van der Waals surface area contributed by atoms with Crippen molar-refractivity contribution in [2.75, 3.05) is 6.54 Å². The molecule has 2 aliphatic rings. The first-order valence-electron chi connectivity index (χ1n) is 6.52. The Bertz CT molecular complexity index is 217. The highest BCUT2D eigenvalue weighted by Crippen LogP contribution is 2.49. The molecule has 0 spiro atoms. The lowest BCUT2D eigenvalue weighted by atomic mass is 9.70. The summed E-state index contributed by atoms with van der Waals surface area (Å²) < 4.78 is 5.96. The number of ether oxygens (including phenoxy) is 1. The maximum atomic E-state index is 5.99. The lowest BCUT2D eigenvalue weighted by Gasteiger charge is -2.34. The molecule has 0 aliphatic carbocycles. The van der Waals surface area contributed by atoms with E-state index in [-0.39, 0.29) is 0 Å². The highest BCUT2D eigenvalue weighted by molar-refractivity contribution is 5.00. The van der Waals surface area contributed by atoms with Crippen LogP contribution in [0.25, 0.3) is 0 Å². The van der Waals surface area contributed by atoms with Crippen LogP contribution in [0.2, 0.25) is 0 Å². The third-order valence-corrected chi connectivity index (χ3v) is 4.29. The van der Waals surface area contributed by atoms with E-state index in [1.807, 2.05) is 0 Å². The average Bonchev–Trinajstić information content (AvgIpc) is 2.77. The predicted molar refractivity (Wildman–Crippen MR) is 62.7 cm³/mol. The molecular weight excluding hydrogens is 186 g/mol. The van der Waals surface area contributed by atoms with Gasteiger partial charge in [-0.1, -0.05) is 26.7 Å². The molecule has 2 nitrogen and oxygen atoms in total. The Labute approximate surface area is 93.6 Å². The summed E-state index contributed by atoms with van der Waals surface area (Å²) >= 11 is 0. The molecule has 88 valence electrons. The Balaban J connectivity index is 1.86. The second kappa shape index (κ2) is 4.42. The third kappa shape index (κ3) is 2.21. The van der Waals surface area contributed by atoms with Crippen molar-refractivity contribution in [2.24, 2.45) is 17.1 Å². The largest absolute Gasteiger partial charge is 0.374 e. The van der Waals surface area contributed by atoms with E-state index >= 15 is 0 Å². The van der Waals surface area contributed by atoms with E-state index in [1.165, 1.54) is 38.5 Å². The Morgan fingerprint density at radius 1 is 1.40 bits per heavy atom. The zero-order valence-electron chi connectivity index (χ0n) is 10.2. The van der Waals surface area contributed by atoms with Crippen LogP contribution in [-0.4, -0.2) is 18.8 Å². The second-order valence-corrected chi connectivity index (χ2v) is 5.88. The Morgan fingerprint density at radius 3 is 2.67 bits per heavy atom. The number of hydrogen-bond acceptors (Lipinski definition) is 2. The van der Waals surface area contributed by atoms with Crippen molar-refractivity contribution in [1.82, 2.24) is 0 Å². The summed E-state index contributed by atoms with van der Waals surface area (Å²) in [5, 5.41) is 0. The third-order valence-electron chi connectivity index (χ3n) is 4.29. The van der Waals surface area contributed by atoms with Gasteiger partial charge in [0.05, 0.1) is 12.2 Å². The molecule has 2 N–H and O–H groups in total. The topological polar surface area (TPSA) is 35.2 Å². The molecule has 2 bridgehead atoms. The van der Waals surface area contributed by atoms with E-state index in [0.29, 0.717) is 17.6 Å². The summed E-state index contributed by atoms with van der Waals surface area (Å²) in [5.41, 5.74) is 6.34. The highest BCUT2D eigenvalue weighted by atomic mass is 16.5. The molecule has 0 aromatic rings. The number of rotatable bonds is 5. The van der Waals surface area contributed by atoms with Crippen LogP contribution in [-0.2, 0) is 4.74 Å². The van der Waals surface area contributed by atoms with E-state index in [9.17, 15) is 0 Å². The maximum absolute atomic E-state index is 5.99. The fourth-order valence-electron chi connectivity index (χ4n) is 3.33. The summed E-state index contributed by atoms with van der Waals surface area (Å²) in [6.45, 7) is 5.42. The van der Waals surface area contributed by atoms with Gasteiger partial charge in [0.15, 0.2) is 0 Å². The van der Waals surface area contributed by atoms with Crippen LogP contribution < -0.4 is 5.73 Å². The van der Waals surface area contributed by atoms with Gasteiger partial charge in [0.2, 0.25) is 0 Å². The molecule has 0 saturated carbocycles. The van der Waals surface area contributed by atoms with Crippen molar-refractivity contribution in [3.63, 3.8) is 0 Å².